The first-order chi connectivity index (χ1) is 16.0. The van der Waals surface area contributed by atoms with Crippen LogP contribution >= 0.6 is 0 Å². The first-order valence-corrected chi connectivity index (χ1v) is 11.1. The summed E-state index contributed by atoms with van der Waals surface area (Å²) < 4.78 is 3.31. The highest BCUT2D eigenvalue weighted by Gasteiger charge is 2.14. The molecule has 1 N–H and O–H groups in total. The number of rotatable bonds is 9. The molecular weight excluding hydrogens is 414 g/mol. The van der Waals surface area contributed by atoms with E-state index < -0.39 is 0 Å². The molecule has 0 amide bonds. The van der Waals surface area contributed by atoms with Crippen LogP contribution in [0.2, 0.25) is 0 Å². The summed E-state index contributed by atoms with van der Waals surface area (Å²) in [5.74, 6) is 4.44. The van der Waals surface area contributed by atoms with E-state index in [-0.39, 0.29) is 5.69 Å². The summed E-state index contributed by atoms with van der Waals surface area (Å²) in [5, 5.41) is 18.8. The van der Waals surface area contributed by atoms with Gasteiger partial charge in [-0.2, -0.15) is 10.3 Å². The lowest BCUT2D eigenvalue weighted by Gasteiger charge is -2.08. The summed E-state index contributed by atoms with van der Waals surface area (Å²) in [4.78, 5) is 13.0. The summed E-state index contributed by atoms with van der Waals surface area (Å²) >= 11 is 0. The summed E-state index contributed by atoms with van der Waals surface area (Å²) in [6.07, 6.45) is 7.49. The Morgan fingerprint density at radius 2 is 1.88 bits per heavy atom. The number of H-pyrrole nitrogens is 1. The summed E-state index contributed by atoms with van der Waals surface area (Å²) in [6, 6.07) is 16.2. The number of hydrogen-bond acceptors (Lipinski definition) is 5. The van der Waals surface area contributed by atoms with Crippen molar-refractivity contribution in [2.45, 2.75) is 46.2 Å². The van der Waals surface area contributed by atoms with Crippen LogP contribution in [0.4, 0.5) is 0 Å². The largest absolute Gasteiger partial charge is 0.346 e. The molecule has 0 spiro atoms. The molecule has 8 heteroatoms. The Hall–Kier alpha value is -3.99. The van der Waals surface area contributed by atoms with Gasteiger partial charge >= 0.3 is 5.69 Å². The van der Waals surface area contributed by atoms with Crippen LogP contribution < -0.4 is 5.69 Å². The van der Waals surface area contributed by atoms with Crippen LogP contribution in [-0.4, -0.2) is 35.0 Å². The number of hydrogen-bond donors (Lipinski definition) is 1. The predicted octanol–water partition coefficient (Wildman–Crippen LogP) is 3.55. The van der Waals surface area contributed by atoms with Gasteiger partial charge in [0.2, 0.25) is 5.82 Å². The van der Waals surface area contributed by atoms with Crippen molar-refractivity contribution >= 4 is 0 Å². The first kappa shape index (κ1) is 22.2. The van der Waals surface area contributed by atoms with Gasteiger partial charge in [-0.15, -0.1) is 22.5 Å². The lowest BCUT2D eigenvalue weighted by Crippen LogP contribution is -2.26. The Balaban J connectivity index is 1.56. The van der Waals surface area contributed by atoms with Crippen molar-refractivity contribution in [2.24, 2.45) is 5.92 Å². The van der Waals surface area contributed by atoms with Gasteiger partial charge in [0.05, 0.1) is 6.54 Å². The van der Waals surface area contributed by atoms with Crippen molar-refractivity contribution in [3.05, 3.63) is 70.4 Å². The lowest BCUT2D eigenvalue weighted by atomic mass is 10.0. The van der Waals surface area contributed by atoms with Crippen molar-refractivity contribution in [3.8, 4) is 34.9 Å². The molecule has 168 valence electrons. The van der Waals surface area contributed by atoms with Crippen LogP contribution in [0.1, 0.15) is 38.1 Å². The van der Waals surface area contributed by atoms with Crippen molar-refractivity contribution in [1.29, 1.82) is 0 Å². The Kier molecular flexibility index (Phi) is 6.79. The zero-order valence-corrected chi connectivity index (χ0v) is 18.9. The Morgan fingerprint density at radius 3 is 2.58 bits per heavy atom. The Morgan fingerprint density at radius 1 is 1.09 bits per heavy atom. The summed E-state index contributed by atoms with van der Waals surface area (Å²) in [6.45, 7) is 5.35. The smallest absolute Gasteiger partial charge is 0.274 e. The van der Waals surface area contributed by atoms with Crippen molar-refractivity contribution in [2.75, 3.05) is 0 Å². The fraction of sp³-hybridized carbons (Fsp3) is 0.320. The van der Waals surface area contributed by atoms with Gasteiger partial charge in [0, 0.05) is 24.9 Å². The average molecular weight is 442 g/mol. The van der Waals surface area contributed by atoms with Gasteiger partial charge in [0.25, 0.3) is 0 Å². The molecule has 0 radical (unpaired) electrons. The highest BCUT2D eigenvalue weighted by molar-refractivity contribution is 5.70. The van der Waals surface area contributed by atoms with Crippen LogP contribution in [0.15, 0.2) is 53.3 Å². The SMILES string of the molecule is C#CCCc1nn(CCC(C)C)c(=O)n1Cc1ccc(-c2cccc(-c3nn[nH]n3)c2)cc1. The van der Waals surface area contributed by atoms with Crippen molar-refractivity contribution < 1.29 is 0 Å². The van der Waals surface area contributed by atoms with E-state index in [9.17, 15) is 4.79 Å². The molecule has 0 unspecified atom stereocenters. The van der Waals surface area contributed by atoms with Crippen LogP contribution in [0, 0.1) is 18.3 Å². The number of aryl methyl sites for hydroxylation is 2. The number of benzene rings is 2. The molecule has 0 fully saturated rings. The second-order valence-electron chi connectivity index (χ2n) is 8.41. The van der Waals surface area contributed by atoms with Gasteiger partial charge in [-0.1, -0.05) is 56.3 Å². The van der Waals surface area contributed by atoms with E-state index in [0.29, 0.717) is 37.7 Å². The maximum Gasteiger partial charge on any atom is 0.346 e. The maximum atomic E-state index is 13.0. The van der Waals surface area contributed by atoms with E-state index in [4.69, 9.17) is 6.42 Å². The number of terminal acetylenes is 1. The number of aromatic nitrogens is 7. The van der Waals surface area contributed by atoms with Gasteiger partial charge in [-0.05, 0) is 40.3 Å². The third-order valence-electron chi connectivity index (χ3n) is 5.50. The molecule has 0 aliphatic rings. The Labute approximate surface area is 192 Å². The molecule has 0 bridgehead atoms. The quantitative estimate of drug-likeness (QED) is 0.401. The van der Waals surface area contributed by atoms with Gasteiger partial charge in [0.1, 0.15) is 5.82 Å². The average Bonchev–Trinajstić information content (AvgIpc) is 3.46. The monoisotopic (exact) mass is 441 g/mol. The van der Waals surface area contributed by atoms with Crippen LogP contribution in [0.5, 0.6) is 0 Å². The van der Waals surface area contributed by atoms with Crippen LogP contribution in [0.25, 0.3) is 22.5 Å². The number of tetrazole rings is 1. The molecule has 4 aromatic rings. The minimum absolute atomic E-state index is 0.0837. The number of nitrogens with zero attached hydrogens (tertiary/aromatic N) is 6. The van der Waals surface area contributed by atoms with E-state index in [1.807, 2.05) is 36.4 Å². The molecule has 0 aliphatic heterocycles. The molecule has 0 aliphatic carbocycles. The highest BCUT2D eigenvalue weighted by atomic mass is 16.2. The van der Waals surface area contributed by atoms with Gasteiger partial charge in [-0.3, -0.25) is 4.57 Å². The zero-order chi connectivity index (χ0) is 23.2. The molecular formula is C25H27N7O. The molecule has 0 atom stereocenters. The summed E-state index contributed by atoms with van der Waals surface area (Å²) in [7, 11) is 0. The molecule has 4 rings (SSSR count). The fourth-order valence-electron chi connectivity index (χ4n) is 3.65. The normalized spacial score (nSPS) is 11.1. The molecule has 0 saturated carbocycles. The van der Waals surface area contributed by atoms with E-state index >= 15 is 0 Å². The zero-order valence-electron chi connectivity index (χ0n) is 18.9. The molecule has 0 saturated heterocycles. The topological polar surface area (TPSA) is 94.3 Å². The number of nitrogens with one attached hydrogen (secondary N) is 1. The van der Waals surface area contributed by atoms with Crippen LogP contribution in [0.3, 0.4) is 0 Å². The fourth-order valence-corrected chi connectivity index (χ4v) is 3.65. The van der Waals surface area contributed by atoms with E-state index in [1.165, 1.54) is 0 Å². The predicted molar refractivity (Wildman–Crippen MR) is 127 cm³/mol. The second-order valence-corrected chi connectivity index (χ2v) is 8.41. The second kappa shape index (κ2) is 10.1. The van der Waals surface area contributed by atoms with Gasteiger partial charge in [-0.25, -0.2) is 9.48 Å². The Bertz CT molecular complexity index is 1290. The maximum absolute atomic E-state index is 13.0. The molecule has 2 aromatic heterocycles. The molecule has 2 aromatic carbocycles. The van der Waals surface area contributed by atoms with E-state index in [2.05, 4.69) is 57.6 Å². The highest BCUT2D eigenvalue weighted by Crippen LogP contribution is 2.24. The molecule has 33 heavy (non-hydrogen) atoms. The van der Waals surface area contributed by atoms with E-state index in [0.717, 1.165) is 34.5 Å². The minimum Gasteiger partial charge on any atom is -0.274 e. The summed E-state index contributed by atoms with van der Waals surface area (Å²) in [5.41, 5.74) is 3.96. The molecule has 2 heterocycles. The lowest BCUT2D eigenvalue weighted by molar-refractivity contribution is 0.473. The van der Waals surface area contributed by atoms with E-state index in [1.54, 1.807) is 9.25 Å². The minimum atomic E-state index is -0.0837. The standard InChI is InChI=1S/C25H27N7O/c1-4-5-9-23-28-32(15-14-18(2)3)25(33)31(23)17-19-10-12-20(13-11-19)21-7-6-8-22(16-21)24-26-29-30-27-24/h1,6-8,10-13,16,18H,5,9,14-15,17H2,2-3H3,(H,26,27,29,30). The van der Waals surface area contributed by atoms with Crippen molar-refractivity contribution in [3.63, 3.8) is 0 Å². The first-order valence-electron chi connectivity index (χ1n) is 11.1. The number of aromatic amines is 1. The van der Waals surface area contributed by atoms with Crippen LogP contribution in [-0.2, 0) is 19.5 Å². The van der Waals surface area contributed by atoms with Gasteiger partial charge < -0.3 is 0 Å². The molecule has 8 nitrogen and oxygen atoms in total. The van der Waals surface area contributed by atoms with Crippen molar-refractivity contribution in [1.82, 2.24) is 35.0 Å². The third-order valence-corrected chi connectivity index (χ3v) is 5.50. The third kappa shape index (κ3) is 5.26. The van der Waals surface area contributed by atoms with Gasteiger partial charge in [0.15, 0.2) is 0 Å².